The summed E-state index contributed by atoms with van der Waals surface area (Å²) < 4.78 is 26.8. The van der Waals surface area contributed by atoms with Crippen molar-refractivity contribution < 1.29 is 13.2 Å². The van der Waals surface area contributed by atoms with Crippen molar-refractivity contribution >= 4 is 21.6 Å². The van der Waals surface area contributed by atoms with Crippen LogP contribution in [0.2, 0.25) is 0 Å². The highest BCUT2D eigenvalue weighted by Crippen LogP contribution is 2.15. The van der Waals surface area contributed by atoms with Crippen LogP contribution in [0.4, 0.5) is 5.69 Å². The molecule has 23 heavy (non-hydrogen) atoms. The second-order valence-electron chi connectivity index (χ2n) is 5.62. The molecule has 2 aromatic rings. The van der Waals surface area contributed by atoms with E-state index >= 15 is 0 Å². The lowest BCUT2D eigenvalue weighted by atomic mass is 10.2. The lowest BCUT2D eigenvalue weighted by Crippen LogP contribution is -2.30. The first-order valence-electron chi connectivity index (χ1n) is 7.28. The van der Waals surface area contributed by atoms with Crippen LogP contribution >= 0.6 is 0 Å². The van der Waals surface area contributed by atoms with Gasteiger partial charge in [0.05, 0.1) is 4.90 Å². The molecule has 5 nitrogen and oxygen atoms in total. The van der Waals surface area contributed by atoms with Crippen LogP contribution in [0.3, 0.4) is 0 Å². The number of carbonyl (C=O) groups is 1. The quantitative estimate of drug-likeness (QED) is 0.884. The van der Waals surface area contributed by atoms with Crippen LogP contribution in [0.1, 0.15) is 29.8 Å². The molecule has 0 radical (unpaired) electrons. The maximum Gasteiger partial charge on any atom is 0.255 e. The maximum absolute atomic E-state index is 12.3. The van der Waals surface area contributed by atoms with Crippen molar-refractivity contribution in [2.75, 3.05) is 5.32 Å². The molecule has 0 unspecified atom stereocenters. The van der Waals surface area contributed by atoms with E-state index < -0.39 is 10.0 Å². The second kappa shape index (κ2) is 6.93. The highest BCUT2D eigenvalue weighted by atomic mass is 32.2. The molecule has 0 aromatic heterocycles. The standard InChI is InChI=1S/C17H20N2O3S/c1-12(2)19-23(21,22)16-6-4-5-14(11-16)17(20)18-15-9-7-13(3)8-10-15/h4-12,19H,1-3H3,(H,18,20). The Hall–Kier alpha value is -2.18. The lowest BCUT2D eigenvalue weighted by molar-refractivity contribution is 0.102. The summed E-state index contributed by atoms with van der Waals surface area (Å²) in [6.07, 6.45) is 0. The number of aryl methyl sites for hydroxylation is 1. The van der Waals surface area contributed by atoms with Gasteiger partial charge in [-0.25, -0.2) is 13.1 Å². The minimum Gasteiger partial charge on any atom is -0.322 e. The summed E-state index contributed by atoms with van der Waals surface area (Å²) in [7, 11) is -3.62. The highest BCUT2D eigenvalue weighted by molar-refractivity contribution is 7.89. The van der Waals surface area contributed by atoms with Gasteiger partial charge in [0, 0.05) is 17.3 Å². The summed E-state index contributed by atoms with van der Waals surface area (Å²) >= 11 is 0. The maximum atomic E-state index is 12.3. The van der Waals surface area contributed by atoms with Crippen LogP contribution in [0.5, 0.6) is 0 Å². The van der Waals surface area contributed by atoms with E-state index in [2.05, 4.69) is 10.0 Å². The van der Waals surface area contributed by atoms with Gasteiger partial charge in [-0.15, -0.1) is 0 Å². The van der Waals surface area contributed by atoms with Gasteiger partial charge in [0.2, 0.25) is 10.0 Å². The Morgan fingerprint density at radius 2 is 1.70 bits per heavy atom. The molecule has 2 aromatic carbocycles. The van der Waals surface area contributed by atoms with Crippen molar-refractivity contribution in [2.45, 2.75) is 31.7 Å². The van der Waals surface area contributed by atoms with Gasteiger partial charge in [-0.05, 0) is 51.1 Å². The topological polar surface area (TPSA) is 75.3 Å². The Bertz CT molecular complexity index is 797. The van der Waals surface area contributed by atoms with Crippen molar-refractivity contribution in [1.29, 1.82) is 0 Å². The van der Waals surface area contributed by atoms with Crippen molar-refractivity contribution in [1.82, 2.24) is 4.72 Å². The number of carbonyl (C=O) groups excluding carboxylic acids is 1. The second-order valence-corrected chi connectivity index (χ2v) is 7.34. The van der Waals surface area contributed by atoms with Crippen LogP contribution < -0.4 is 10.0 Å². The number of hydrogen-bond acceptors (Lipinski definition) is 3. The molecule has 0 bridgehead atoms. The minimum absolute atomic E-state index is 0.0720. The third-order valence-electron chi connectivity index (χ3n) is 3.11. The van der Waals surface area contributed by atoms with Gasteiger partial charge in [0.15, 0.2) is 0 Å². The van der Waals surface area contributed by atoms with Crippen molar-refractivity contribution in [2.24, 2.45) is 0 Å². The zero-order chi connectivity index (χ0) is 17.0. The number of sulfonamides is 1. The van der Waals surface area contributed by atoms with Gasteiger partial charge >= 0.3 is 0 Å². The van der Waals surface area contributed by atoms with Gasteiger partial charge in [-0.1, -0.05) is 23.8 Å². The average Bonchev–Trinajstić information content (AvgIpc) is 2.48. The largest absolute Gasteiger partial charge is 0.322 e. The summed E-state index contributed by atoms with van der Waals surface area (Å²) in [6.45, 7) is 5.44. The van der Waals surface area contributed by atoms with E-state index in [1.165, 1.54) is 12.1 Å². The Kier molecular flexibility index (Phi) is 5.18. The fraction of sp³-hybridized carbons (Fsp3) is 0.235. The third kappa shape index (κ3) is 4.64. The van der Waals surface area contributed by atoms with Crippen LogP contribution in [-0.2, 0) is 10.0 Å². The fourth-order valence-electron chi connectivity index (χ4n) is 2.02. The number of nitrogens with one attached hydrogen (secondary N) is 2. The molecule has 0 saturated heterocycles. The average molecular weight is 332 g/mol. The predicted molar refractivity (Wildman–Crippen MR) is 91.0 cm³/mol. The molecule has 2 N–H and O–H groups in total. The first-order valence-corrected chi connectivity index (χ1v) is 8.76. The molecule has 2 rings (SSSR count). The molecule has 0 atom stereocenters. The molecule has 0 spiro atoms. The van der Waals surface area contributed by atoms with Crippen LogP contribution in [-0.4, -0.2) is 20.4 Å². The molecule has 0 aliphatic rings. The Morgan fingerprint density at radius 1 is 1.04 bits per heavy atom. The summed E-state index contributed by atoms with van der Waals surface area (Å²) in [4.78, 5) is 12.3. The highest BCUT2D eigenvalue weighted by Gasteiger charge is 2.17. The van der Waals surface area contributed by atoms with E-state index in [0.717, 1.165) is 5.56 Å². The third-order valence-corrected chi connectivity index (χ3v) is 4.76. The summed E-state index contributed by atoms with van der Waals surface area (Å²) in [5.41, 5.74) is 2.04. The van der Waals surface area contributed by atoms with Crippen molar-refractivity contribution in [3.05, 3.63) is 59.7 Å². The predicted octanol–water partition coefficient (Wildman–Crippen LogP) is 2.93. The van der Waals surface area contributed by atoms with Crippen molar-refractivity contribution in [3.8, 4) is 0 Å². The Balaban J connectivity index is 2.22. The molecule has 1 amide bonds. The van der Waals surface area contributed by atoms with E-state index in [1.54, 1.807) is 38.1 Å². The Morgan fingerprint density at radius 3 is 2.30 bits per heavy atom. The van der Waals surface area contributed by atoms with E-state index in [0.29, 0.717) is 5.69 Å². The summed E-state index contributed by atoms with van der Waals surface area (Å²) in [5.74, 6) is -0.351. The van der Waals surface area contributed by atoms with Gasteiger partial charge in [0.25, 0.3) is 5.91 Å². The number of amides is 1. The number of anilines is 1. The summed E-state index contributed by atoms with van der Waals surface area (Å²) in [6, 6.07) is 13.1. The molecule has 122 valence electrons. The van der Waals surface area contributed by atoms with E-state index in [9.17, 15) is 13.2 Å². The van der Waals surface area contributed by atoms with Crippen LogP contribution in [0, 0.1) is 6.92 Å². The lowest BCUT2D eigenvalue weighted by Gasteiger charge is -2.11. The van der Waals surface area contributed by atoms with E-state index in [4.69, 9.17) is 0 Å². The molecule has 0 fully saturated rings. The number of benzene rings is 2. The molecule has 0 aliphatic heterocycles. The van der Waals surface area contributed by atoms with Gasteiger partial charge in [-0.3, -0.25) is 4.79 Å². The zero-order valence-electron chi connectivity index (χ0n) is 13.3. The molecule has 0 heterocycles. The molecule has 0 saturated carbocycles. The first kappa shape index (κ1) is 17.2. The smallest absolute Gasteiger partial charge is 0.255 e. The molecular weight excluding hydrogens is 312 g/mol. The Labute approximate surface area is 136 Å². The van der Waals surface area contributed by atoms with Gasteiger partial charge in [-0.2, -0.15) is 0 Å². The van der Waals surface area contributed by atoms with Crippen LogP contribution in [0.25, 0.3) is 0 Å². The molecule has 6 heteroatoms. The fourth-order valence-corrected chi connectivity index (χ4v) is 3.32. The van der Waals surface area contributed by atoms with Crippen LogP contribution in [0.15, 0.2) is 53.4 Å². The monoisotopic (exact) mass is 332 g/mol. The molecule has 0 aliphatic carbocycles. The molecular formula is C17H20N2O3S. The van der Waals surface area contributed by atoms with Crippen molar-refractivity contribution in [3.63, 3.8) is 0 Å². The van der Waals surface area contributed by atoms with E-state index in [1.807, 2.05) is 19.1 Å². The number of hydrogen-bond donors (Lipinski definition) is 2. The number of rotatable bonds is 5. The SMILES string of the molecule is Cc1ccc(NC(=O)c2cccc(S(=O)(=O)NC(C)C)c2)cc1. The minimum atomic E-state index is -3.62. The van der Waals surface area contributed by atoms with Gasteiger partial charge in [0.1, 0.15) is 0 Å². The van der Waals surface area contributed by atoms with E-state index in [-0.39, 0.29) is 22.4 Å². The van der Waals surface area contributed by atoms with Gasteiger partial charge < -0.3 is 5.32 Å². The zero-order valence-corrected chi connectivity index (χ0v) is 14.1. The summed E-state index contributed by atoms with van der Waals surface area (Å²) in [5, 5.41) is 2.75. The first-order chi connectivity index (χ1) is 10.8. The normalized spacial score (nSPS) is 11.5.